The molecule has 0 fully saturated rings. The SMILES string of the molecule is Cc1[nH]c(C=O)c(C)c1[N+](=O)[O-].Cc1cc(C)c(C=O)[nH]1.O=NO[O-].O=S(=O)(O)O.[K+]. The van der Waals surface area contributed by atoms with Gasteiger partial charge in [0.25, 0.3) is 5.69 Å². The van der Waals surface area contributed by atoms with Gasteiger partial charge in [0.05, 0.1) is 27.6 Å². The summed E-state index contributed by atoms with van der Waals surface area (Å²) in [4.78, 5) is 46.8. The molecule has 2 aromatic rings. The van der Waals surface area contributed by atoms with Gasteiger partial charge in [0.15, 0.2) is 12.6 Å². The van der Waals surface area contributed by atoms with E-state index in [9.17, 15) is 19.7 Å². The Bertz CT molecular complexity index is 961. The summed E-state index contributed by atoms with van der Waals surface area (Å²) < 4.78 is 31.6. The minimum absolute atomic E-state index is 0. The molecule has 0 bridgehead atoms. The smallest absolute Gasteiger partial charge is 0.635 e. The molecule has 0 amide bonds. The molecule has 0 saturated heterocycles. The second-order valence-corrected chi connectivity index (χ2v) is 6.17. The summed E-state index contributed by atoms with van der Waals surface area (Å²) in [5.41, 5.74) is 3.83. The Balaban J connectivity index is -0.000000366. The number of hydrogen-bond donors (Lipinski definition) is 4. The van der Waals surface area contributed by atoms with E-state index in [1.165, 1.54) is 5.34 Å². The van der Waals surface area contributed by atoms with E-state index < -0.39 is 15.3 Å². The molecule has 0 aromatic carbocycles. The van der Waals surface area contributed by atoms with Gasteiger partial charge in [-0.1, -0.05) is 0 Å². The molecule has 0 aliphatic rings. The summed E-state index contributed by atoms with van der Waals surface area (Å²) in [6.07, 6.45) is 1.41. The number of aryl methyl sites for hydroxylation is 3. The zero-order chi connectivity index (χ0) is 24.1. The minimum atomic E-state index is -4.67. The first-order valence-corrected chi connectivity index (χ1v) is 8.84. The Morgan fingerprint density at radius 3 is 1.68 bits per heavy atom. The van der Waals surface area contributed by atoms with Crippen molar-refractivity contribution in [1.82, 2.24) is 9.97 Å². The maximum absolute atomic E-state index is 10.4. The molecule has 2 aromatic heterocycles. The molecule has 2 heterocycles. The number of aldehydes is 2. The Hall–Kier alpha value is -1.83. The van der Waals surface area contributed by atoms with Gasteiger partial charge in [-0.25, -0.2) is 0 Å². The Morgan fingerprint density at radius 2 is 1.52 bits per heavy atom. The number of aromatic nitrogens is 2. The number of aromatic amines is 2. The molecule has 0 spiro atoms. The van der Waals surface area contributed by atoms with Crippen LogP contribution in [-0.2, 0) is 15.4 Å². The van der Waals surface area contributed by atoms with E-state index in [2.05, 4.69) is 15.0 Å². The Morgan fingerprint density at radius 1 is 1.10 bits per heavy atom. The van der Waals surface area contributed by atoms with E-state index in [0.717, 1.165) is 17.5 Å². The van der Waals surface area contributed by atoms with Crippen molar-refractivity contribution in [3.63, 3.8) is 0 Å². The zero-order valence-corrected chi connectivity index (χ0v) is 21.0. The third-order valence-electron chi connectivity index (χ3n) is 3.07. The first kappa shape index (κ1) is 33.8. The van der Waals surface area contributed by atoms with Crippen LogP contribution in [0, 0.1) is 42.7 Å². The predicted octanol–water partition coefficient (Wildman–Crippen LogP) is -1.89. The van der Waals surface area contributed by atoms with Crippen LogP contribution in [0.15, 0.2) is 11.4 Å². The molecule has 17 heteroatoms. The third kappa shape index (κ3) is 15.6. The van der Waals surface area contributed by atoms with Crippen LogP contribution >= 0.6 is 0 Å². The maximum atomic E-state index is 10.4. The molecule has 0 unspecified atom stereocenters. The summed E-state index contributed by atoms with van der Waals surface area (Å²) >= 11 is 0. The molecule has 0 aliphatic heterocycles. The number of hydrogen-bond acceptors (Lipinski definition) is 10. The Labute approximate surface area is 218 Å². The van der Waals surface area contributed by atoms with Gasteiger partial charge in [-0.3, -0.25) is 28.8 Å². The number of carbonyl (C=O) groups excluding carboxylic acids is 2. The average Bonchev–Trinajstić information content (AvgIpc) is 3.11. The van der Waals surface area contributed by atoms with E-state index in [-0.39, 0.29) is 62.8 Å². The number of carbonyl (C=O) groups is 2. The number of nitrogens with one attached hydrogen (secondary N) is 2. The van der Waals surface area contributed by atoms with Crippen LogP contribution in [0.1, 0.15) is 43.5 Å². The van der Waals surface area contributed by atoms with E-state index in [4.69, 9.17) is 27.7 Å². The van der Waals surface area contributed by atoms with Gasteiger partial charge in [0, 0.05) is 5.69 Å². The van der Waals surface area contributed by atoms with Crippen molar-refractivity contribution < 1.29 is 93.7 Å². The average molecular weight is 490 g/mol. The molecular weight excluding hydrogens is 471 g/mol. The van der Waals surface area contributed by atoms with E-state index in [1.54, 1.807) is 13.8 Å². The van der Waals surface area contributed by atoms with E-state index >= 15 is 0 Å². The van der Waals surface area contributed by atoms with Gasteiger partial charge >= 0.3 is 61.8 Å². The molecule has 2 rings (SSSR count). The number of nitro groups is 1. The molecule has 168 valence electrons. The van der Waals surface area contributed by atoms with Crippen LogP contribution in [0.3, 0.4) is 0 Å². The standard InChI is InChI=1S/C7H8N2O3.C7H9NO.K.HNO3.H2O4S/c1-4-6(3-10)8-5(2)7(4)9(11)12;1-5-3-6(2)8-7(5)4-9;;2-1-4-3;1-5(2,3)4/h3,8H,1-2H3;3-4,8H,1-2H3;;3H;(H2,1,2,3,4)/q;;+1;;/p-1. The normalized spacial score (nSPS) is 9.13. The summed E-state index contributed by atoms with van der Waals surface area (Å²) in [6, 6.07) is 1.95. The van der Waals surface area contributed by atoms with Crippen LogP contribution in [0.25, 0.3) is 0 Å². The van der Waals surface area contributed by atoms with Gasteiger partial charge in [-0.2, -0.15) is 8.42 Å². The zero-order valence-electron chi connectivity index (χ0n) is 17.1. The quantitative estimate of drug-likeness (QED) is 0.0701. The molecule has 0 aliphatic carbocycles. The summed E-state index contributed by atoms with van der Waals surface area (Å²) in [6.45, 7) is 6.96. The first-order valence-electron chi connectivity index (χ1n) is 7.45. The third-order valence-corrected chi connectivity index (χ3v) is 3.07. The van der Waals surface area contributed by atoms with Crippen LogP contribution in [-0.4, -0.2) is 45.0 Å². The molecule has 4 N–H and O–H groups in total. The van der Waals surface area contributed by atoms with Gasteiger partial charge < -0.3 is 20.2 Å². The topological polar surface area (TPSA) is 245 Å². The Kier molecular flexibility index (Phi) is 18.3. The molecule has 31 heavy (non-hydrogen) atoms. The summed E-state index contributed by atoms with van der Waals surface area (Å²) in [5.74, 6) is 0. The monoisotopic (exact) mass is 490 g/mol. The fourth-order valence-electron chi connectivity index (χ4n) is 2.03. The van der Waals surface area contributed by atoms with E-state index in [0.29, 0.717) is 23.2 Å². The van der Waals surface area contributed by atoms with Crippen molar-refractivity contribution in [3.05, 3.63) is 55.0 Å². The number of H-pyrrole nitrogens is 2. The second-order valence-electron chi connectivity index (χ2n) is 5.28. The van der Waals surface area contributed by atoms with Crippen LogP contribution in [0.2, 0.25) is 0 Å². The van der Waals surface area contributed by atoms with Crippen molar-refractivity contribution in [2.45, 2.75) is 27.7 Å². The van der Waals surface area contributed by atoms with Crippen LogP contribution < -0.4 is 56.6 Å². The summed E-state index contributed by atoms with van der Waals surface area (Å²) in [7, 11) is -4.67. The van der Waals surface area contributed by atoms with Crippen LogP contribution in [0.5, 0.6) is 0 Å². The molecule has 0 atom stereocenters. The van der Waals surface area contributed by atoms with Crippen molar-refractivity contribution in [1.29, 1.82) is 0 Å². The fraction of sp³-hybridized carbons (Fsp3) is 0.286. The first-order chi connectivity index (χ1) is 13.7. The van der Waals surface area contributed by atoms with Crippen LogP contribution in [0.4, 0.5) is 5.69 Å². The molecule has 15 nitrogen and oxygen atoms in total. The van der Waals surface area contributed by atoms with Crippen molar-refractivity contribution >= 4 is 28.7 Å². The molecule has 0 saturated carbocycles. The van der Waals surface area contributed by atoms with Gasteiger partial charge in [-0.15, -0.1) is 4.91 Å². The number of nitrogens with zero attached hydrogens (tertiary/aromatic N) is 2. The minimum Gasteiger partial charge on any atom is -0.635 e. The molecule has 0 radical (unpaired) electrons. The second kappa shape index (κ2) is 16.8. The summed E-state index contributed by atoms with van der Waals surface area (Å²) in [5, 5.41) is 20.2. The van der Waals surface area contributed by atoms with Crippen molar-refractivity contribution in [3.8, 4) is 0 Å². The predicted molar refractivity (Wildman–Crippen MR) is 99.0 cm³/mol. The largest absolute Gasteiger partial charge is 1.00 e. The van der Waals surface area contributed by atoms with Crippen molar-refractivity contribution in [2.75, 3.05) is 0 Å². The molecular formula is C14H19KN4O11S. The van der Waals surface area contributed by atoms with Gasteiger partial charge in [-0.05, 0) is 39.3 Å². The number of rotatable bonds is 4. The van der Waals surface area contributed by atoms with Gasteiger partial charge in [0.2, 0.25) is 0 Å². The van der Waals surface area contributed by atoms with Crippen molar-refractivity contribution in [2.24, 2.45) is 5.34 Å². The fourth-order valence-corrected chi connectivity index (χ4v) is 2.03. The van der Waals surface area contributed by atoms with E-state index in [1.807, 2.05) is 19.9 Å². The maximum Gasteiger partial charge on any atom is 1.00 e. The van der Waals surface area contributed by atoms with Gasteiger partial charge in [0.1, 0.15) is 5.34 Å².